The van der Waals surface area contributed by atoms with Crippen molar-refractivity contribution in [2.24, 2.45) is 0 Å². The van der Waals surface area contributed by atoms with Gasteiger partial charge in [-0.15, -0.1) is 0 Å². The maximum Gasteiger partial charge on any atom is 0.326 e. The number of carboxylic acid groups (broad SMARTS) is 1. The van der Waals surface area contributed by atoms with Gasteiger partial charge in [0.1, 0.15) is 11.9 Å². The number of anilines is 1. The van der Waals surface area contributed by atoms with Crippen LogP contribution in [-0.2, 0) is 4.79 Å². The van der Waals surface area contributed by atoms with Gasteiger partial charge in [0.15, 0.2) is 0 Å². The highest BCUT2D eigenvalue weighted by Gasteiger charge is 2.18. The van der Waals surface area contributed by atoms with Gasteiger partial charge in [-0.05, 0) is 40.5 Å². The molecule has 0 aliphatic heterocycles. The van der Waals surface area contributed by atoms with Gasteiger partial charge in [-0.1, -0.05) is 13.3 Å². The van der Waals surface area contributed by atoms with Crippen LogP contribution in [0.3, 0.4) is 0 Å². The maximum atomic E-state index is 13.0. The number of benzene rings is 1. The molecule has 7 heteroatoms. The predicted molar refractivity (Wildman–Crippen MR) is 72.6 cm³/mol. The number of hydrogen-bond acceptors (Lipinski definition) is 2. The van der Waals surface area contributed by atoms with E-state index >= 15 is 0 Å². The van der Waals surface area contributed by atoms with E-state index in [2.05, 4.69) is 26.6 Å². The fraction of sp³-hybridized carbons (Fsp3) is 0.333. The summed E-state index contributed by atoms with van der Waals surface area (Å²) < 4.78 is 13.2. The summed E-state index contributed by atoms with van der Waals surface area (Å²) in [5, 5.41) is 13.7. The minimum Gasteiger partial charge on any atom is -0.480 e. The molecular formula is C12H14BrFN2O3. The normalized spacial score (nSPS) is 11.7. The fourth-order valence-electron chi connectivity index (χ4n) is 1.45. The monoisotopic (exact) mass is 332 g/mol. The summed E-state index contributed by atoms with van der Waals surface area (Å²) in [6, 6.07) is 2.40. The van der Waals surface area contributed by atoms with Gasteiger partial charge < -0.3 is 15.7 Å². The number of urea groups is 1. The summed E-state index contributed by atoms with van der Waals surface area (Å²) in [7, 11) is 0. The Hall–Kier alpha value is -1.63. The van der Waals surface area contributed by atoms with Gasteiger partial charge in [-0.2, -0.15) is 0 Å². The number of carbonyl (C=O) groups is 2. The number of hydrogen-bond donors (Lipinski definition) is 3. The molecule has 104 valence electrons. The van der Waals surface area contributed by atoms with Crippen LogP contribution in [0.15, 0.2) is 22.7 Å². The summed E-state index contributed by atoms with van der Waals surface area (Å²) in [6.07, 6.45) is 0.981. The predicted octanol–water partition coefficient (Wildman–Crippen LogP) is 2.96. The molecule has 1 aromatic rings. The second-order valence-electron chi connectivity index (χ2n) is 3.91. The summed E-state index contributed by atoms with van der Waals surface area (Å²) in [4.78, 5) is 22.5. The lowest BCUT2D eigenvalue weighted by Crippen LogP contribution is -2.42. The van der Waals surface area contributed by atoms with Gasteiger partial charge in [-0.3, -0.25) is 0 Å². The summed E-state index contributed by atoms with van der Waals surface area (Å²) >= 11 is 2.99. The molecule has 5 nitrogen and oxygen atoms in total. The molecule has 2 amide bonds. The molecule has 0 spiro atoms. The highest BCUT2D eigenvalue weighted by molar-refractivity contribution is 9.10. The third-order valence-electron chi connectivity index (χ3n) is 2.36. The maximum absolute atomic E-state index is 13.0. The van der Waals surface area contributed by atoms with Crippen LogP contribution in [0.5, 0.6) is 0 Å². The largest absolute Gasteiger partial charge is 0.480 e. The van der Waals surface area contributed by atoms with Crippen LogP contribution in [0, 0.1) is 5.82 Å². The SMILES string of the molecule is CCC[C@@H](NC(=O)Nc1ccc(F)c(Br)c1)C(=O)O. The number of aliphatic carboxylic acids is 1. The molecule has 0 saturated carbocycles. The number of amides is 2. The molecule has 0 fully saturated rings. The Bertz CT molecular complexity index is 482. The first-order valence-corrected chi connectivity index (χ1v) is 6.48. The van der Waals surface area contributed by atoms with E-state index in [9.17, 15) is 14.0 Å². The van der Waals surface area contributed by atoms with Crippen molar-refractivity contribution in [1.29, 1.82) is 0 Å². The molecule has 0 aromatic heterocycles. The van der Waals surface area contributed by atoms with Crippen LogP contribution < -0.4 is 10.6 Å². The Morgan fingerprint density at radius 2 is 2.16 bits per heavy atom. The molecule has 1 rings (SSSR count). The summed E-state index contributed by atoms with van der Waals surface area (Å²) in [6.45, 7) is 1.83. The van der Waals surface area contributed by atoms with E-state index in [1.165, 1.54) is 18.2 Å². The Morgan fingerprint density at radius 1 is 1.47 bits per heavy atom. The highest BCUT2D eigenvalue weighted by Crippen LogP contribution is 2.19. The molecule has 19 heavy (non-hydrogen) atoms. The lowest BCUT2D eigenvalue weighted by Gasteiger charge is -2.14. The molecule has 0 heterocycles. The van der Waals surface area contributed by atoms with Crippen molar-refractivity contribution in [3.63, 3.8) is 0 Å². The molecule has 0 aliphatic carbocycles. The van der Waals surface area contributed by atoms with Crippen molar-refractivity contribution in [2.75, 3.05) is 5.32 Å². The van der Waals surface area contributed by atoms with E-state index < -0.39 is 23.9 Å². The van der Waals surface area contributed by atoms with Crippen molar-refractivity contribution < 1.29 is 19.1 Å². The number of halogens is 2. The molecule has 0 saturated heterocycles. The van der Waals surface area contributed by atoms with Crippen molar-refractivity contribution in [3.8, 4) is 0 Å². The fourth-order valence-corrected chi connectivity index (χ4v) is 1.82. The topological polar surface area (TPSA) is 78.4 Å². The van der Waals surface area contributed by atoms with E-state index in [-0.39, 0.29) is 4.47 Å². The van der Waals surface area contributed by atoms with E-state index in [1.54, 1.807) is 0 Å². The molecule has 3 N–H and O–H groups in total. The van der Waals surface area contributed by atoms with Gasteiger partial charge in [0.2, 0.25) is 0 Å². The van der Waals surface area contributed by atoms with Crippen molar-refractivity contribution in [3.05, 3.63) is 28.5 Å². The average Bonchev–Trinajstić information content (AvgIpc) is 2.33. The van der Waals surface area contributed by atoms with Gasteiger partial charge in [0.25, 0.3) is 0 Å². The first-order valence-electron chi connectivity index (χ1n) is 5.69. The Balaban J connectivity index is 2.63. The molecule has 1 atom stereocenters. The zero-order chi connectivity index (χ0) is 14.4. The zero-order valence-corrected chi connectivity index (χ0v) is 11.8. The van der Waals surface area contributed by atoms with Gasteiger partial charge >= 0.3 is 12.0 Å². The zero-order valence-electron chi connectivity index (χ0n) is 10.2. The standard InChI is InChI=1S/C12H14BrFN2O3/c1-2-3-10(11(17)18)16-12(19)15-7-4-5-9(14)8(13)6-7/h4-6,10H,2-3H2,1H3,(H,17,18)(H2,15,16,19)/t10-/m1/s1. The quantitative estimate of drug-likeness (QED) is 0.775. The van der Waals surface area contributed by atoms with Crippen LogP contribution in [0.1, 0.15) is 19.8 Å². The Kier molecular flexibility index (Phi) is 5.75. The molecule has 0 radical (unpaired) electrons. The highest BCUT2D eigenvalue weighted by atomic mass is 79.9. The third kappa shape index (κ3) is 4.86. The number of carboxylic acids is 1. The van der Waals surface area contributed by atoms with Crippen LogP contribution >= 0.6 is 15.9 Å². The number of carbonyl (C=O) groups excluding carboxylic acids is 1. The minimum atomic E-state index is -1.09. The molecule has 0 aliphatic rings. The van der Waals surface area contributed by atoms with E-state index in [4.69, 9.17) is 5.11 Å². The van der Waals surface area contributed by atoms with Crippen LogP contribution in [-0.4, -0.2) is 23.1 Å². The Morgan fingerprint density at radius 3 is 2.68 bits per heavy atom. The lowest BCUT2D eigenvalue weighted by molar-refractivity contribution is -0.139. The smallest absolute Gasteiger partial charge is 0.326 e. The minimum absolute atomic E-state index is 0.216. The molecular weight excluding hydrogens is 319 g/mol. The van der Waals surface area contributed by atoms with E-state index in [1.807, 2.05) is 6.92 Å². The summed E-state index contributed by atoms with van der Waals surface area (Å²) in [5.41, 5.74) is 0.367. The van der Waals surface area contributed by atoms with Crippen molar-refractivity contribution in [2.45, 2.75) is 25.8 Å². The number of nitrogens with one attached hydrogen (secondary N) is 2. The lowest BCUT2D eigenvalue weighted by atomic mass is 10.2. The summed E-state index contributed by atoms with van der Waals surface area (Å²) in [5.74, 6) is -1.53. The Labute approximate surface area is 118 Å². The molecule has 1 aromatic carbocycles. The second kappa shape index (κ2) is 7.08. The van der Waals surface area contributed by atoms with Crippen molar-refractivity contribution >= 4 is 33.6 Å². The third-order valence-corrected chi connectivity index (χ3v) is 2.97. The van der Waals surface area contributed by atoms with Crippen LogP contribution in [0.2, 0.25) is 0 Å². The van der Waals surface area contributed by atoms with Gasteiger partial charge in [-0.25, -0.2) is 14.0 Å². The molecule has 0 unspecified atom stereocenters. The average molecular weight is 333 g/mol. The van der Waals surface area contributed by atoms with Crippen LogP contribution in [0.4, 0.5) is 14.9 Å². The molecule has 0 bridgehead atoms. The first-order chi connectivity index (χ1) is 8.93. The van der Waals surface area contributed by atoms with Crippen LogP contribution in [0.25, 0.3) is 0 Å². The van der Waals surface area contributed by atoms with E-state index in [0.29, 0.717) is 18.5 Å². The van der Waals surface area contributed by atoms with Gasteiger partial charge in [0, 0.05) is 5.69 Å². The first kappa shape index (κ1) is 15.4. The van der Waals surface area contributed by atoms with Crippen molar-refractivity contribution in [1.82, 2.24) is 5.32 Å². The second-order valence-corrected chi connectivity index (χ2v) is 4.76. The van der Waals surface area contributed by atoms with Gasteiger partial charge in [0.05, 0.1) is 4.47 Å². The van der Waals surface area contributed by atoms with E-state index in [0.717, 1.165) is 0 Å². The number of rotatable bonds is 5.